The molecule has 0 aliphatic carbocycles. The quantitative estimate of drug-likeness (QED) is 0.477. The Labute approximate surface area is 183 Å². The highest BCUT2D eigenvalue weighted by atomic mass is 19.1. The number of aryl methyl sites for hydroxylation is 2. The van der Waals surface area contributed by atoms with Gasteiger partial charge < -0.3 is 13.7 Å². The third-order valence-electron chi connectivity index (χ3n) is 6.26. The van der Waals surface area contributed by atoms with Crippen LogP contribution in [0, 0.1) is 17.1 Å². The van der Waals surface area contributed by atoms with E-state index in [1.807, 2.05) is 12.1 Å². The topological polar surface area (TPSA) is 78.6 Å². The van der Waals surface area contributed by atoms with Crippen molar-refractivity contribution in [2.75, 3.05) is 37.6 Å². The van der Waals surface area contributed by atoms with Crippen molar-refractivity contribution in [2.45, 2.75) is 12.8 Å². The molecule has 5 rings (SSSR count). The Bertz CT molecular complexity index is 1390. The second-order valence-electron chi connectivity index (χ2n) is 8.22. The van der Waals surface area contributed by atoms with E-state index in [2.05, 4.69) is 15.9 Å². The lowest BCUT2D eigenvalue weighted by molar-refractivity contribution is 0.255. The first-order valence-electron chi connectivity index (χ1n) is 10.7. The van der Waals surface area contributed by atoms with Crippen molar-refractivity contribution >= 4 is 27.8 Å². The van der Waals surface area contributed by atoms with Crippen LogP contribution in [0.3, 0.4) is 0 Å². The average molecular weight is 434 g/mol. The Kier molecular flexibility index (Phi) is 5.19. The number of nitriles is 1. The number of nitrogens with zero attached hydrogens (tertiary/aromatic N) is 4. The first-order valence-corrected chi connectivity index (χ1v) is 10.7. The predicted octanol–water partition coefficient (Wildman–Crippen LogP) is 3.64. The summed E-state index contributed by atoms with van der Waals surface area (Å²) in [6, 6.07) is 10.4. The van der Waals surface area contributed by atoms with Crippen LogP contribution in [0.25, 0.3) is 22.1 Å². The summed E-state index contributed by atoms with van der Waals surface area (Å²) in [6.45, 7) is 4.10. The molecule has 164 valence electrons. The number of anilines is 1. The Hall–Kier alpha value is -3.57. The number of hydrogen-bond donors (Lipinski definition) is 0. The predicted molar refractivity (Wildman–Crippen MR) is 119 cm³/mol. The Morgan fingerprint density at radius 1 is 1.16 bits per heavy atom. The Morgan fingerprint density at radius 2 is 1.97 bits per heavy atom. The molecular formula is C24H23FN4O3. The molecule has 7 nitrogen and oxygen atoms in total. The van der Waals surface area contributed by atoms with E-state index in [-0.39, 0.29) is 5.82 Å². The normalized spacial score (nSPS) is 15.0. The molecule has 2 aromatic carbocycles. The molecule has 1 saturated heterocycles. The van der Waals surface area contributed by atoms with E-state index in [0.29, 0.717) is 22.4 Å². The van der Waals surface area contributed by atoms with E-state index in [0.717, 1.165) is 62.1 Å². The molecule has 8 heteroatoms. The highest BCUT2D eigenvalue weighted by Crippen LogP contribution is 2.29. The van der Waals surface area contributed by atoms with Crippen molar-refractivity contribution < 1.29 is 13.2 Å². The van der Waals surface area contributed by atoms with Gasteiger partial charge in [0.15, 0.2) is 5.58 Å². The highest BCUT2D eigenvalue weighted by Gasteiger charge is 2.22. The number of halogens is 1. The van der Waals surface area contributed by atoms with Crippen LogP contribution in [-0.2, 0) is 13.5 Å². The van der Waals surface area contributed by atoms with Crippen molar-refractivity contribution in [1.82, 2.24) is 9.47 Å². The molecule has 3 heterocycles. The first-order chi connectivity index (χ1) is 15.5. The van der Waals surface area contributed by atoms with Crippen molar-refractivity contribution in [1.29, 1.82) is 5.26 Å². The van der Waals surface area contributed by atoms with Gasteiger partial charge in [0.2, 0.25) is 0 Å². The number of furan rings is 1. The molecular weight excluding hydrogens is 411 g/mol. The molecule has 0 radical (unpaired) electrons. The number of aromatic nitrogens is 1. The maximum absolute atomic E-state index is 14.2. The lowest BCUT2D eigenvalue weighted by atomic mass is 10.1. The summed E-state index contributed by atoms with van der Waals surface area (Å²) in [5.41, 5.74) is 4.11. The van der Waals surface area contributed by atoms with Gasteiger partial charge in [-0.3, -0.25) is 9.47 Å². The van der Waals surface area contributed by atoms with Crippen molar-refractivity contribution in [3.8, 4) is 6.07 Å². The van der Waals surface area contributed by atoms with E-state index in [1.54, 1.807) is 19.4 Å². The number of piperazine rings is 1. The monoisotopic (exact) mass is 434 g/mol. The van der Waals surface area contributed by atoms with Gasteiger partial charge in [0, 0.05) is 50.7 Å². The summed E-state index contributed by atoms with van der Waals surface area (Å²) in [5.74, 6) is -0.864. The molecule has 0 bridgehead atoms. The maximum Gasteiger partial charge on any atom is 0.419 e. The van der Waals surface area contributed by atoms with Crippen molar-refractivity contribution in [3.05, 3.63) is 64.1 Å². The fourth-order valence-electron chi connectivity index (χ4n) is 4.46. The van der Waals surface area contributed by atoms with Crippen molar-refractivity contribution in [3.63, 3.8) is 0 Å². The van der Waals surface area contributed by atoms with Gasteiger partial charge in [-0.05, 0) is 43.1 Å². The lowest BCUT2D eigenvalue weighted by Gasteiger charge is -2.36. The van der Waals surface area contributed by atoms with Gasteiger partial charge in [-0.2, -0.15) is 5.26 Å². The summed E-state index contributed by atoms with van der Waals surface area (Å²) < 4.78 is 26.5. The second-order valence-corrected chi connectivity index (χ2v) is 8.22. The molecule has 0 atom stereocenters. The smallest absolute Gasteiger partial charge is 0.419 e. The summed E-state index contributed by atoms with van der Waals surface area (Å²) in [4.78, 5) is 16.4. The molecule has 4 aromatic rings. The minimum Gasteiger partial charge on any atom is -0.464 e. The van der Waals surface area contributed by atoms with Crippen LogP contribution in [0.5, 0.6) is 0 Å². The van der Waals surface area contributed by atoms with Gasteiger partial charge in [-0.1, -0.05) is 0 Å². The molecule has 1 aliphatic rings. The van der Waals surface area contributed by atoms with E-state index in [1.165, 1.54) is 16.7 Å². The summed E-state index contributed by atoms with van der Waals surface area (Å²) in [6.07, 6.45) is 3.64. The zero-order valence-electron chi connectivity index (χ0n) is 17.8. The average Bonchev–Trinajstić information content (AvgIpc) is 3.34. The van der Waals surface area contributed by atoms with Crippen LogP contribution < -0.4 is 10.7 Å². The molecule has 1 aliphatic heterocycles. The maximum atomic E-state index is 14.2. The molecule has 0 amide bonds. The van der Waals surface area contributed by atoms with Gasteiger partial charge in [0.25, 0.3) is 0 Å². The van der Waals surface area contributed by atoms with E-state index in [4.69, 9.17) is 14.1 Å². The zero-order valence-corrected chi connectivity index (χ0v) is 17.8. The van der Waals surface area contributed by atoms with E-state index >= 15 is 0 Å². The van der Waals surface area contributed by atoms with Crippen LogP contribution in [-0.4, -0.2) is 42.2 Å². The fraction of sp³-hybridized carbons (Fsp3) is 0.333. The molecule has 0 spiro atoms. The van der Waals surface area contributed by atoms with E-state index < -0.39 is 5.76 Å². The number of oxazole rings is 1. The summed E-state index contributed by atoms with van der Waals surface area (Å²) in [5, 5.41) is 10.1. The lowest BCUT2D eigenvalue weighted by Crippen LogP contribution is -2.46. The van der Waals surface area contributed by atoms with Crippen molar-refractivity contribution in [2.24, 2.45) is 7.05 Å². The SMILES string of the molecule is Cn1c(=O)oc2c(N3CCN(CCCc4coc5ccc(C#N)cc45)CC3)cc(F)cc21. The molecule has 32 heavy (non-hydrogen) atoms. The largest absolute Gasteiger partial charge is 0.464 e. The van der Waals surface area contributed by atoms with E-state index in [9.17, 15) is 9.18 Å². The third-order valence-corrected chi connectivity index (χ3v) is 6.26. The standard InChI is InChI=1S/C24H23FN4O3/c1-27-20-12-18(25)13-21(23(20)32-24(27)30)29-9-7-28(8-10-29)6-2-3-17-15-31-22-5-4-16(14-26)11-19(17)22/h4-5,11-13,15H,2-3,6-10H2,1H3. The third kappa shape index (κ3) is 3.65. The fourth-order valence-corrected chi connectivity index (χ4v) is 4.46. The minimum absolute atomic E-state index is 0.377. The van der Waals surface area contributed by atoms with Gasteiger partial charge >= 0.3 is 5.76 Å². The summed E-state index contributed by atoms with van der Waals surface area (Å²) in [7, 11) is 1.58. The van der Waals surface area contributed by atoms with Crippen LogP contribution in [0.2, 0.25) is 0 Å². The highest BCUT2D eigenvalue weighted by molar-refractivity contribution is 5.87. The summed E-state index contributed by atoms with van der Waals surface area (Å²) >= 11 is 0. The first kappa shape index (κ1) is 20.3. The van der Waals surface area contributed by atoms with Crippen LogP contribution in [0.1, 0.15) is 17.5 Å². The van der Waals surface area contributed by atoms with Crippen LogP contribution >= 0.6 is 0 Å². The van der Waals surface area contributed by atoms with Crippen LogP contribution in [0.15, 0.2) is 50.2 Å². The molecule has 0 unspecified atom stereocenters. The molecule has 0 saturated carbocycles. The number of rotatable bonds is 5. The van der Waals surface area contributed by atoms with Crippen LogP contribution in [0.4, 0.5) is 10.1 Å². The zero-order chi connectivity index (χ0) is 22.2. The number of benzene rings is 2. The Morgan fingerprint density at radius 3 is 2.75 bits per heavy atom. The number of fused-ring (bicyclic) bond motifs is 2. The van der Waals surface area contributed by atoms with Gasteiger partial charge in [-0.25, -0.2) is 9.18 Å². The van der Waals surface area contributed by atoms with Gasteiger partial charge in [0.05, 0.1) is 29.1 Å². The Balaban J connectivity index is 1.21. The van der Waals surface area contributed by atoms with Gasteiger partial charge in [0.1, 0.15) is 11.4 Å². The molecule has 2 aromatic heterocycles. The minimum atomic E-state index is -0.487. The van der Waals surface area contributed by atoms with Gasteiger partial charge in [-0.15, -0.1) is 0 Å². The molecule has 1 fully saturated rings. The number of hydrogen-bond acceptors (Lipinski definition) is 6. The molecule has 0 N–H and O–H groups in total. The second kappa shape index (κ2) is 8.17.